The van der Waals surface area contributed by atoms with Crippen LogP contribution in [0, 0.1) is 0 Å². The van der Waals surface area contributed by atoms with Crippen molar-refractivity contribution in [2.45, 2.75) is 18.6 Å². The van der Waals surface area contributed by atoms with Crippen molar-refractivity contribution < 1.29 is 14.6 Å². The number of rotatable bonds is 5. The normalized spacial score (nSPS) is 22.2. The van der Waals surface area contributed by atoms with E-state index >= 15 is 0 Å². The lowest BCUT2D eigenvalue weighted by molar-refractivity contribution is -0.123. The van der Waals surface area contributed by atoms with Crippen LogP contribution in [0.2, 0.25) is 5.02 Å². The molecule has 1 aromatic carbocycles. The van der Waals surface area contributed by atoms with Gasteiger partial charge in [0.25, 0.3) is 0 Å². The van der Waals surface area contributed by atoms with E-state index in [9.17, 15) is 9.90 Å². The van der Waals surface area contributed by atoms with E-state index in [1.54, 1.807) is 18.2 Å². The van der Waals surface area contributed by atoms with Crippen LogP contribution >= 0.6 is 11.6 Å². The number of aliphatic hydroxyl groups is 1. The second kappa shape index (κ2) is 6.75. The van der Waals surface area contributed by atoms with Gasteiger partial charge < -0.3 is 20.5 Å². The molecule has 0 spiro atoms. The molecule has 0 unspecified atom stereocenters. The maximum atomic E-state index is 11.7. The van der Waals surface area contributed by atoms with E-state index in [2.05, 4.69) is 10.6 Å². The molecule has 0 saturated carbocycles. The Morgan fingerprint density at radius 3 is 3.11 bits per heavy atom. The standard InChI is InChI=1S/C13H17ClN2O3/c14-9-2-1-3-11(6-9)19-5-4-15-13(18)12-7-10(17)8-16-12/h1-3,6,10,12,16-17H,4-5,7-8H2,(H,15,18)/t10-,12+/m1/s1. The van der Waals surface area contributed by atoms with Crippen LogP contribution in [-0.4, -0.2) is 42.9 Å². The summed E-state index contributed by atoms with van der Waals surface area (Å²) < 4.78 is 5.45. The summed E-state index contributed by atoms with van der Waals surface area (Å²) in [7, 11) is 0. The second-order valence-electron chi connectivity index (χ2n) is 4.45. The lowest BCUT2D eigenvalue weighted by atomic mass is 10.2. The molecule has 104 valence electrons. The predicted octanol–water partition coefficient (Wildman–Crippen LogP) is 0.558. The monoisotopic (exact) mass is 284 g/mol. The van der Waals surface area contributed by atoms with Gasteiger partial charge in [-0.2, -0.15) is 0 Å². The van der Waals surface area contributed by atoms with Gasteiger partial charge in [0.05, 0.1) is 18.7 Å². The van der Waals surface area contributed by atoms with Crippen LogP contribution in [0.25, 0.3) is 0 Å². The van der Waals surface area contributed by atoms with E-state index < -0.39 is 6.10 Å². The van der Waals surface area contributed by atoms with Crippen LogP contribution in [-0.2, 0) is 4.79 Å². The van der Waals surface area contributed by atoms with Gasteiger partial charge in [-0.1, -0.05) is 17.7 Å². The largest absolute Gasteiger partial charge is 0.492 e. The molecule has 5 nitrogen and oxygen atoms in total. The molecule has 0 aromatic heterocycles. The number of ether oxygens (including phenoxy) is 1. The van der Waals surface area contributed by atoms with Crippen LogP contribution in [0.3, 0.4) is 0 Å². The van der Waals surface area contributed by atoms with Crippen molar-refractivity contribution in [3.63, 3.8) is 0 Å². The Bertz CT molecular complexity index is 442. The number of benzene rings is 1. The quantitative estimate of drug-likeness (QED) is 0.691. The van der Waals surface area contributed by atoms with Crippen molar-refractivity contribution in [2.75, 3.05) is 19.7 Å². The fourth-order valence-electron chi connectivity index (χ4n) is 1.94. The highest BCUT2D eigenvalue weighted by molar-refractivity contribution is 6.30. The van der Waals surface area contributed by atoms with Gasteiger partial charge in [0.2, 0.25) is 5.91 Å². The van der Waals surface area contributed by atoms with Gasteiger partial charge in [-0.3, -0.25) is 4.79 Å². The Morgan fingerprint density at radius 2 is 2.42 bits per heavy atom. The van der Waals surface area contributed by atoms with E-state index in [1.807, 2.05) is 6.07 Å². The molecule has 1 fully saturated rings. The Labute approximate surface area is 116 Å². The van der Waals surface area contributed by atoms with Crippen molar-refractivity contribution in [3.8, 4) is 5.75 Å². The van der Waals surface area contributed by atoms with Gasteiger partial charge in [0, 0.05) is 11.6 Å². The summed E-state index contributed by atoms with van der Waals surface area (Å²) in [6.07, 6.45) is 0.0273. The predicted molar refractivity (Wildman–Crippen MR) is 72.4 cm³/mol. The first-order chi connectivity index (χ1) is 9.15. The van der Waals surface area contributed by atoms with Crippen LogP contribution in [0.5, 0.6) is 5.75 Å². The third kappa shape index (κ3) is 4.38. The minimum absolute atomic E-state index is 0.105. The first-order valence-electron chi connectivity index (χ1n) is 6.22. The fraction of sp³-hybridized carbons (Fsp3) is 0.462. The fourth-order valence-corrected chi connectivity index (χ4v) is 2.12. The molecule has 2 atom stereocenters. The zero-order valence-corrected chi connectivity index (χ0v) is 11.2. The summed E-state index contributed by atoms with van der Waals surface area (Å²) in [6, 6.07) is 6.80. The lowest BCUT2D eigenvalue weighted by Crippen LogP contribution is -2.41. The van der Waals surface area contributed by atoms with Gasteiger partial charge in [0.1, 0.15) is 12.4 Å². The van der Waals surface area contributed by atoms with Gasteiger partial charge in [-0.25, -0.2) is 0 Å². The van der Waals surface area contributed by atoms with E-state index in [4.69, 9.17) is 16.3 Å². The highest BCUT2D eigenvalue weighted by Gasteiger charge is 2.27. The number of halogens is 1. The maximum absolute atomic E-state index is 11.7. The van der Waals surface area contributed by atoms with Gasteiger partial charge in [-0.15, -0.1) is 0 Å². The SMILES string of the molecule is O=C(NCCOc1cccc(Cl)c1)[C@@H]1C[C@@H](O)CN1. The average Bonchev–Trinajstić information content (AvgIpc) is 2.81. The number of nitrogens with one attached hydrogen (secondary N) is 2. The molecule has 1 aromatic rings. The number of carbonyl (C=O) groups excluding carboxylic acids is 1. The van der Waals surface area contributed by atoms with Gasteiger partial charge in [0.15, 0.2) is 0 Å². The molecule has 1 heterocycles. The van der Waals surface area contributed by atoms with Crippen molar-refractivity contribution >= 4 is 17.5 Å². The molecular formula is C13H17ClN2O3. The van der Waals surface area contributed by atoms with E-state index in [1.165, 1.54) is 0 Å². The van der Waals surface area contributed by atoms with Crippen molar-refractivity contribution in [1.29, 1.82) is 0 Å². The third-order valence-electron chi connectivity index (χ3n) is 2.89. The van der Waals surface area contributed by atoms with E-state index in [0.717, 1.165) is 0 Å². The maximum Gasteiger partial charge on any atom is 0.237 e. The molecule has 0 aliphatic carbocycles. The highest BCUT2D eigenvalue weighted by atomic mass is 35.5. The zero-order chi connectivity index (χ0) is 13.7. The van der Waals surface area contributed by atoms with Crippen LogP contribution in [0.15, 0.2) is 24.3 Å². The van der Waals surface area contributed by atoms with Crippen LogP contribution < -0.4 is 15.4 Å². The molecule has 1 aliphatic rings. The number of hydrogen-bond acceptors (Lipinski definition) is 4. The summed E-state index contributed by atoms with van der Waals surface area (Å²) in [5.41, 5.74) is 0. The Balaban J connectivity index is 1.65. The Hall–Kier alpha value is -1.30. The molecule has 19 heavy (non-hydrogen) atoms. The molecule has 1 amide bonds. The molecular weight excluding hydrogens is 268 g/mol. The third-order valence-corrected chi connectivity index (χ3v) is 3.13. The summed E-state index contributed by atoms with van der Waals surface area (Å²) in [6.45, 7) is 1.26. The number of aliphatic hydroxyl groups excluding tert-OH is 1. The molecule has 2 rings (SSSR count). The van der Waals surface area contributed by atoms with Crippen LogP contribution in [0.4, 0.5) is 0 Å². The van der Waals surface area contributed by atoms with E-state index in [-0.39, 0.29) is 11.9 Å². The van der Waals surface area contributed by atoms with Crippen LogP contribution in [0.1, 0.15) is 6.42 Å². The summed E-state index contributed by atoms with van der Waals surface area (Å²) in [5, 5.41) is 15.6. The van der Waals surface area contributed by atoms with Crippen molar-refractivity contribution in [3.05, 3.63) is 29.3 Å². The van der Waals surface area contributed by atoms with Crippen molar-refractivity contribution in [1.82, 2.24) is 10.6 Å². The van der Waals surface area contributed by atoms with E-state index in [0.29, 0.717) is 36.9 Å². The smallest absolute Gasteiger partial charge is 0.237 e. The molecule has 1 saturated heterocycles. The minimum atomic E-state index is -0.432. The molecule has 6 heteroatoms. The molecule has 1 aliphatic heterocycles. The molecule has 3 N–H and O–H groups in total. The zero-order valence-electron chi connectivity index (χ0n) is 10.4. The first-order valence-corrected chi connectivity index (χ1v) is 6.60. The number of amides is 1. The molecule has 0 radical (unpaired) electrons. The highest BCUT2D eigenvalue weighted by Crippen LogP contribution is 2.16. The summed E-state index contributed by atoms with van der Waals surface area (Å²) >= 11 is 5.83. The first kappa shape index (κ1) is 14.1. The number of β-amino-alcohol motifs (C(OH)–C–C–N with tert-alkyl or cyclic N) is 1. The molecule has 0 bridgehead atoms. The second-order valence-corrected chi connectivity index (χ2v) is 4.88. The average molecular weight is 285 g/mol. The summed E-state index contributed by atoms with van der Waals surface area (Å²) in [5.74, 6) is 0.572. The van der Waals surface area contributed by atoms with Gasteiger partial charge >= 0.3 is 0 Å². The lowest BCUT2D eigenvalue weighted by Gasteiger charge is -2.11. The summed E-state index contributed by atoms with van der Waals surface area (Å²) in [4.78, 5) is 11.7. The number of carbonyl (C=O) groups is 1. The Kier molecular flexibility index (Phi) is 5.01. The Morgan fingerprint density at radius 1 is 1.58 bits per heavy atom. The number of hydrogen-bond donors (Lipinski definition) is 3. The van der Waals surface area contributed by atoms with Gasteiger partial charge in [-0.05, 0) is 24.6 Å². The topological polar surface area (TPSA) is 70.6 Å². The van der Waals surface area contributed by atoms with Crippen molar-refractivity contribution in [2.24, 2.45) is 0 Å². The minimum Gasteiger partial charge on any atom is -0.492 e.